The minimum absolute atomic E-state index is 0.199. The van der Waals surface area contributed by atoms with Crippen LogP contribution in [-0.4, -0.2) is 62.6 Å². The summed E-state index contributed by atoms with van der Waals surface area (Å²) in [5, 5.41) is 6.82. The number of guanidine groups is 1. The lowest BCUT2D eigenvalue weighted by Crippen LogP contribution is -2.44. The Bertz CT molecular complexity index is 741. The third-order valence-corrected chi connectivity index (χ3v) is 5.29. The van der Waals surface area contributed by atoms with Crippen LogP contribution in [0.4, 0.5) is 4.39 Å². The highest BCUT2D eigenvalue weighted by Crippen LogP contribution is 2.24. The van der Waals surface area contributed by atoms with Crippen molar-refractivity contribution in [2.24, 2.45) is 4.99 Å². The molecule has 0 saturated carbocycles. The average Bonchev–Trinajstić information content (AvgIpc) is 3.43. The van der Waals surface area contributed by atoms with E-state index in [1.54, 1.807) is 13.3 Å². The number of nitrogens with one attached hydrogen (secondary N) is 2. The average molecular weight is 402 g/mol. The summed E-state index contributed by atoms with van der Waals surface area (Å²) in [5.41, 5.74) is 1.10. The Morgan fingerprint density at radius 1 is 1.21 bits per heavy atom. The van der Waals surface area contributed by atoms with Crippen LogP contribution in [0.5, 0.6) is 0 Å². The van der Waals surface area contributed by atoms with E-state index in [0.29, 0.717) is 0 Å². The van der Waals surface area contributed by atoms with E-state index in [1.165, 1.54) is 25.0 Å². The molecular weight excluding hydrogens is 369 g/mol. The molecule has 7 heteroatoms. The molecular formula is C22H32FN5O. The maximum atomic E-state index is 13.0. The molecule has 1 aliphatic heterocycles. The van der Waals surface area contributed by atoms with Gasteiger partial charge in [-0.15, -0.1) is 0 Å². The summed E-state index contributed by atoms with van der Waals surface area (Å²) in [6.07, 6.45) is 4.22. The molecule has 1 aliphatic rings. The van der Waals surface area contributed by atoms with E-state index in [-0.39, 0.29) is 11.9 Å². The second-order valence-electron chi connectivity index (χ2n) is 7.52. The normalized spacial score (nSPS) is 16.3. The Morgan fingerprint density at radius 3 is 2.62 bits per heavy atom. The van der Waals surface area contributed by atoms with Crippen LogP contribution >= 0.6 is 0 Å². The van der Waals surface area contributed by atoms with Gasteiger partial charge in [-0.3, -0.25) is 9.89 Å². The molecule has 1 unspecified atom stereocenters. The summed E-state index contributed by atoms with van der Waals surface area (Å²) in [4.78, 5) is 9.01. The molecule has 2 heterocycles. The Labute approximate surface area is 172 Å². The van der Waals surface area contributed by atoms with Crippen molar-refractivity contribution < 1.29 is 8.81 Å². The lowest BCUT2D eigenvalue weighted by molar-refractivity contribution is 0.215. The van der Waals surface area contributed by atoms with Crippen LogP contribution < -0.4 is 10.6 Å². The van der Waals surface area contributed by atoms with Gasteiger partial charge < -0.3 is 20.0 Å². The Kier molecular flexibility index (Phi) is 8.07. The van der Waals surface area contributed by atoms with Crippen molar-refractivity contribution in [1.29, 1.82) is 0 Å². The maximum Gasteiger partial charge on any atom is 0.191 e. The highest BCUT2D eigenvalue weighted by molar-refractivity contribution is 5.79. The largest absolute Gasteiger partial charge is 0.468 e. The summed E-state index contributed by atoms with van der Waals surface area (Å²) < 4.78 is 18.7. The SMILES string of the molecule is CN=C(NCCN(C)Cc1ccc(F)cc1)NCC(c1ccco1)N1CCCC1. The van der Waals surface area contributed by atoms with Crippen LogP contribution in [-0.2, 0) is 6.54 Å². The molecule has 1 saturated heterocycles. The zero-order chi connectivity index (χ0) is 20.5. The molecule has 6 nitrogen and oxygen atoms in total. The van der Waals surface area contributed by atoms with Crippen molar-refractivity contribution in [3.63, 3.8) is 0 Å². The molecule has 29 heavy (non-hydrogen) atoms. The van der Waals surface area contributed by atoms with Gasteiger partial charge in [-0.1, -0.05) is 12.1 Å². The summed E-state index contributed by atoms with van der Waals surface area (Å²) in [6.45, 7) is 5.36. The van der Waals surface area contributed by atoms with Crippen molar-refractivity contribution in [3.8, 4) is 0 Å². The number of rotatable bonds is 9. The van der Waals surface area contributed by atoms with E-state index in [1.807, 2.05) is 24.3 Å². The van der Waals surface area contributed by atoms with Gasteiger partial charge >= 0.3 is 0 Å². The first-order chi connectivity index (χ1) is 14.2. The first kappa shape index (κ1) is 21.3. The fourth-order valence-corrected chi connectivity index (χ4v) is 3.70. The third-order valence-electron chi connectivity index (χ3n) is 5.29. The van der Waals surface area contributed by atoms with Crippen LogP contribution in [0.2, 0.25) is 0 Å². The molecule has 0 amide bonds. The van der Waals surface area contributed by atoms with Crippen LogP contribution in [0.15, 0.2) is 52.1 Å². The highest BCUT2D eigenvalue weighted by atomic mass is 19.1. The molecule has 0 aliphatic carbocycles. The summed E-state index contributed by atoms with van der Waals surface area (Å²) in [5.74, 6) is 1.58. The molecule has 2 N–H and O–H groups in total. The zero-order valence-corrected chi connectivity index (χ0v) is 17.4. The molecule has 158 valence electrons. The number of furan rings is 1. The predicted molar refractivity (Wildman–Crippen MR) is 114 cm³/mol. The first-order valence-corrected chi connectivity index (χ1v) is 10.3. The van der Waals surface area contributed by atoms with E-state index in [0.717, 1.165) is 56.6 Å². The Morgan fingerprint density at radius 2 is 1.97 bits per heavy atom. The second kappa shape index (κ2) is 11.0. The topological polar surface area (TPSA) is 56.0 Å². The molecule has 1 fully saturated rings. The van der Waals surface area contributed by atoms with Crippen LogP contribution in [0.1, 0.15) is 30.2 Å². The maximum absolute atomic E-state index is 13.0. The standard InChI is InChI=1S/C22H32FN5O/c1-24-22(25-11-14-27(2)17-18-7-9-19(23)10-8-18)26-16-20(21-6-5-15-29-21)28-12-3-4-13-28/h5-10,15,20H,3-4,11-14,16-17H2,1-2H3,(H2,24,25,26). The molecule has 0 radical (unpaired) electrons. The van der Waals surface area contributed by atoms with Crippen molar-refractivity contribution in [3.05, 3.63) is 59.8 Å². The summed E-state index contributed by atoms with van der Waals surface area (Å²) >= 11 is 0. The monoisotopic (exact) mass is 401 g/mol. The van der Waals surface area contributed by atoms with Crippen LogP contribution in [0, 0.1) is 5.82 Å². The smallest absolute Gasteiger partial charge is 0.191 e. The van der Waals surface area contributed by atoms with Gasteiger partial charge in [0.2, 0.25) is 0 Å². The molecule has 1 aromatic heterocycles. The lowest BCUT2D eigenvalue weighted by atomic mass is 10.2. The van der Waals surface area contributed by atoms with Gasteiger partial charge in [-0.25, -0.2) is 4.39 Å². The number of likely N-dealkylation sites (tertiary alicyclic amines) is 1. The molecule has 1 aromatic carbocycles. The third kappa shape index (κ3) is 6.58. The fourth-order valence-electron chi connectivity index (χ4n) is 3.70. The van der Waals surface area contributed by atoms with Gasteiger partial charge in [-0.2, -0.15) is 0 Å². The van der Waals surface area contributed by atoms with E-state index in [9.17, 15) is 4.39 Å². The van der Waals surface area contributed by atoms with Gasteiger partial charge in [0.1, 0.15) is 11.6 Å². The van der Waals surface area contributed by atoms with Crippen LogP contribution in [0.3, 0.4) is 0 Å². The number of benzene rings is 1. The number of aliphatic imine (C=N–C) groups is 1. The van der Waals surface area contributed by atoms with E-state index in [4.69, 9.17) is 4.42 Å². The van der Waals surface area contributed by atoms with E-state index >= 15 is 0 Å². The van der Waals surface area contributed by atoms with Gasteiger partial charge in [0.05, 0.1) is 12.3 Å². The van der Waals surface area contributed by atoms with Crippen molar-refractivity contribution in [2.75, 3.05) is 46.8 Å². The second-order valence-corrected chi connectivity index (χ2v) is 7.52. The minimum atomic E-state index is -0.199. The van der Waals surface area contributed by atoms with Crippen molar-refractivity contribution >= 4 is 5.96 Å². The Hall–Kier alpha value is -2.38. The number of hydrogen-bond acceptors (Lipinski definition) is 4. The van der Waals surface area contributed by atoms with Crippen molar-refractivity contribution in [2.45, 2.75) is 25.4 Å². The zero-order valence-electron chi connectivity index (χ0n) is 17.4. The molecule has 0 bridgehead atoms. The molecule has 0 spiro atoms. The molecule has 2 aromatic rings. The predicted octanol–water partition coefficient (Wildman–Crippen LogP) is 2.85. The quantitative estimate of drug-likeness (QED) is 0.500. The number of nitrogens with zero attached hydrogens (tertiary/aromatic N) is 3. The lowest BCUT2D eigenvalue weighted by Gasteiger charge is -2.27. The van der Waals surface area contributed by atoms with Gasteiger partial charge in [0.15, 0.2) is 5.96 Å². The van der Waals surface area contributed by atoms with E-state index < -0.39 is 0 Å². The molecule has 3 rings (SSSR count). The van der Waals surface area contributed by atoms with Gasteiger partial charge in [-0.05, 0) is 62.8 Å². The van der Waals surface area contributed by atoms with Gasteiger partial charge in [0.25, 0.3) is 0 Å². The summed E-state index contributed by atoms with van der Waals surface area (Å²) in [7, 11) is 3.84. The number of hydrogen-bond donors (Lipinski definition) is 2. The fraction of sp³-hybridized carbons (Fsp3) is 0.500. The number of halogens is 1. The van der Waals surface area contributed by atoms with Crippen molar-refractivity contribution in [1.82, 2.24) is 20.4 Å². The van der Waals surface area contributed by atoms with E-state index in [2.05, 4.69) is 32.5 Å². The van der Waals surface area contributed by atoms with Crippen LogP contribution in [0.25, 0.3) is 0 Å². The minimum Gasteiger partial charge on any atom is -0.468 e. The summed E-state index contributed by atoms with van der Waals surface area (Å²) in [6, 6.07) is 10.9. The molecule has 1 atom stereocenters. The first-order valence-electron chi connectivity index (χ1n) is 10.3. The highest BCUT2D eigenvalue weighted by Gasteiger charge is 2.25. The Balaban J connectivity index is 1.43. The number of likely N-dealkylation sites (N-methyl/N-ethyl adjacent to an activating group) is 1. The van der Waals surface area contributed by atoms with Gasteiger partial charge in [0, 0.05) is 33.2 Å².